The second kappa shape index (κ2) is 8.13. The highest BCUT2D eigenvalue weighted by molar-refractivity contribution is 9.11. The molecule has 1 aromatic carbocycles. The molecule has 0 bridgehead atoms. The summed E-state index contributed by atoms with van der Waals surface area (Å²) in [5.74, 6) is 1.23. The van der Waals surface area contributed by atoms with E-state index in [1.807, 2.05) is 24.3 Å². The van der Waals surface area contributed by atoms with Gasteiger partial charge in [-0.2, -0.15) is 0 Å². The molecule has 0 unspecified atom stereocenters. The maximum atomic E-state index is 6.16. The highest BCUT2D eigenvalue weighted by atomic mass is 79.9. The van der Waals surface area contributed by atoms with Gasteiger partial charge in [-0.15, -0.1) is 0 Å². The number of nitrogens with one attached hydrogen (secondary N) is 1. The van der Waals surface area contributed by atoms with Crippen LogP contribution in [-0.2, 0) is 6.54 Å². The summed E-state index contributed by atoms with van der Waals surface area (Å²) in [5, 5.41) is 3.96. The Hall–Kier alpha value is -0.620. The lowest BCUT2D eigenvalue weighted by Gasteiger charge is -2.10. The molecule has 0 saturated heterocycles. The second-order valence-corrected chi connectivity index (χ2v) is 6.64. The van der Waals surface area contributed by atoms with Gasteiger partial charge in [-0.1, -0.05) is 34.5 Å². The molecule has 2 aromatic rings. The van der Waals surface area contributed by atoms with Crippen LogP contribution in [0.25, 0.3) is 0 Å². The zero-order valence-electron chi connectivity index (χ0n) is 11.5. The van der Waals surface area contributed by atoms with Gasteiger partial charge in [-0.25, -0.2) is 4.98 Å². The number of benzene rings is 1. The van der Waals surface area contributed by atoms with Crippen molar-refractivity contribution >= 4 is 43.5 Å². The summed E-state index contributed by atoms with van der Waals surface area (Å²) in [7, 11) is 0. The Bertz CT molecular complexity index is 623. The van der Waals surface area contributed by atoms with Gasteiger partial charge in [0.15, 0.2) is 0 Å². The van der Waals surface area contributed by atoms with Crippen molar-refractivity contribution < 1.29 is 4.74 Å². The van der Waals surface area contributed by atoms with Gasteiger partial charge in [0.2, 0.25) is 5.88 Å². The maximum absolute atomic E-state index is 6.16. The number of ether oxygens (including phenoxy) is 1. The normalized spacial score (nSPS) is 10.7. The van der Waals surface area contributed by atoms with E-state index < -0.39 is 0 Å². The lowest BCUT2D eigenvalue weighted by Crippen LogP contribution is -2.14. The summed E-state index contributed by atoms with van der Waals surface area (Å²) in [5.41, 5.74) is 0.975. The van der Waals surface area contributed by atoms with Gasteiger partial charge >= 0.3 is 0 Å². The van der Waals surface area contributed by atoms with E-state index in [-0.39, 0.29) is 0 Å². The molecule has 0 aliphatic heterocycles. The van der Waals surface area contributed by atoms with Gasteiger partial charge in [0.1, 0.15) is 5.75 Å². The molecule has 21 heavy (non-hydrogen) atoms. The van der Waals surface area contributed by atoms with E-state index in [0.29, 0.717) is 23.2 Å². The molecule has 0 aliphatic carbocycles. The molecular weight excluding hydrogens is 419 g/mol. The molecule has 0 spiro atoms. The Kier molecular flexibility index (Phi) is 6.48. The Morgan fingerprint density at radius 3 is 2.81 bits per heavy atom. The van der Waals surface area contributed by atoms with Crippen molar-refractivity contribution in [2.45, 2.75) is 19.9 Å². The molecule has 112 valence electrons. The van der Waals surface area contributed by atoms with E-state index in [1.54, 1.807) is 6.20 Å². The third-order valence-electron chi connectivity index (χ3n) is 2.76. The fourth-order valence-electron chi connectivity index (χ4n) is 1.72. The topological polar surface area (TPSA) is 34.1 Å². The van der Waals surface area contributed by atoms with Gasteiger partial charge in [0.05, 0.1) is 9.50 Å². The summed E-state index contributed by atoms with van der Waals surface area (Å²) >= 11 is 13.0. The van der Waals surface area contributed by atoms with Crippen LogP contribution in [0.1, 0.15) is 18.9 Å². The summed E-state index contributed by atoms with van der Waals surface area (Å²) in [6, 6.07) is 7.58. The number of pyridine rings is 1. The van der Waals surface area contributed by atoms with Crippen LogP contribution in [0.4, 0.5) is 0 Å². The standard InChI is InChI=1S/C15H15Br2ClN2O/c1-2-5-19-8-10-6-15(20-9-13(10)18)21-14-4-3-11(16)7-12(14)17/h3-4,6-7,9,19H,2,5,8H2,1H3. The van der Waals surface area contributed by atoms with E-state index >= 15 is 0 Å². The van der Waals surface area contributed by atoms with E-state index in [4.69, 9.17) is 16.3 Å². The fraction of sp³-hybridized carbons (Fsp3) is 0.267. The quantitative estimate of drug-likeness (QED) is 0.605. The van der Waals surface area contributed by atoms with Crippen LogP contribution in [0.5, 0.6) is 11.6 Å². The summed E-state index contributed by atoms with van der Waals surface area (Å²) in [6.45, 7) is 3.78. The highest BCUT2D eigenvalue weighted by Gasteiger charge is 2.08. The first kappa shape index (κ1) is 16.7. The molecule has 0 saturated carbocycles. The molecule has 6 heteroatoms. The first-order chi connectivity index (χ1) is 10.1. The number of aromatic nitrogens is 1. The molecule has 0 fully saturated rings. The Labute approximate surface area is 146 Å². The molecule has 3 nitrogen and oxygen atoms in total. The van der Waals surface area contributed by atoms with Gasteiger partial charge < -0.3 is 10.1 Å². The average Bonchev–Trinajstić information content (AvgIpc) is 2.45. The molecule has 0 aliphatic rings. The van der Waals surface area contributed by atoms with E-state index in [2.05, 4.69) is 49.1 Å². The van der Waals surface area contributed by atoms with Gasteiger partial charge in [0, 0.05) is 23.3 Å². The molecule has 0 radical (unpaired) electrons. The summed E-state index contributed by atoms with van der Waals surface area (Å²) in [4.78, 5) is 4.21. The molecular formula is C15H15Br2ClN2O. The maximum Gasteiger partial charge on any atom is 0.219 e. The van der Waals surface area contributed by atoms with Crippen molar-refractivity contribution in [2.24, 2.45) is 0 Å². The van der Waals surface area contributed by atoms with Crippen molar-refractivity contribution in [3.05, 3.63) is 50.0 Å². The number of halogens is 3. The minimum atomic E-state index is 0.524. The van der Waals surface area contributed by atoms with Crippen LogP contribution in [-0.4, -0.2) is 11.5 Å². The third-order valence-corrected chi connectivity index (χ3v) is 4.21. The lowest BCUT2D eigenvalue weighted by atomic mass is 10.2. The zero-order chi connectivity index (χ0) is 15.2. The van der Waals surface area contributed by atoms with Gasteiger partial charge in [-0.05, 0) is 52.7 Å². The number of nitrogens with zero attached hydrogens (tertiary/aromatic N) is 1. The lowest BCUT2D eigenvalue weighted by molar-refractivity contribution is 0.459. The van der Waals surface area contributed by atoms with E-state index in [0.717, 1.165) is 27.5 Å². The van der Waals surface area contributed by atoms with Crippen molar-refractivity contribution in [1.82, 2.24) is 10.3 Å². The van der Waals surface area contributed by atoms with E-state index in [9.17, 15) is 0 Å². The molecule has 1 heterocycles. The number of hydrogen-bond acceptors (Lipinski definition) is 3. The van der Waals surface area contributed by atoms with Crippen LogP contribution in [0, 0.1) is 0 Å². The Morgan fingerprint density at radius 2 is 2.10 bits per heavy atom. The SMILES string of the molecule is CCCNCc1cc(Oc2ccc(Br)cc2Br)ncc1Cl. The van der Waals surface area contributed by atoms with Crippen molar-refractivity contribution in [2.75, 3.05) is 6.54 Å². The van der Waals surface area contributed by atoms with Gasteiger partial charge in [0.25, 0.3) is 0 Å². The van der Waals surface area contributed by atoms with Crippen LogP contribution in [0.3, 0.4) is 0 Å². The van der Waals surface area contributed by atoms with Gasteiger partial charge in [-0.3, -0.25) is 0 Å². The smallest absolute Gasteiger partial charge is 0.219 e. The molecule has 0 atom stereocenters. The first-order valence-electron chi connectivity index (χ1n) is 6.58. The van der Waals surface area contributed by atoms with Crippen LogP contribution < -0.4 is 10.1 Å². The van der Waals surface area contributed by atoms with Crippen LogP contribution >= 0.6 is 43.5 Å². The predicted octanol–water partition coefficient (Wildman–Crippen LogP) is 5.55. The molecule has 2 rings (SSSR count). The molecule has 1 aromatic heterocycles. The highest BCUT2D eigenvalue weighted by Crippen LogP contribution is 2.32. The molecule has 0 amide bonds. The number of hydrogen-bond donors (Lipinski definition) is 1. The van der Waals surface area contributed by atoms with Crippen molar-refractivity contribution in [3.8, 4) is 11.6 Å². The Balaban J connectivity index is 2.14. The Morgan fingerprint density at radius 1 is 1.29 bits per heavy atom. The minimum absolute atomic E-state index is 0.524. The first-order valence-corrected chi connectivity index (χ1v) is 8.54. The second-order valence-electron chi connectivity index (χ2n) is 4.47. The monoisotopic (exact) mass is 432 g/mol. The zero-order valence-corrected chi connectivity index (χ0v) is 15.4. The van der Waals surface area contributed by atoms with Crippen LogP contribution in [0.15, 0.2) is 39.4 Å². The summed E-state index contributed by atoms with van der Waals surface area (Å²) < 4.78 is 7.64. The predicted molar refractivity (Wildman–Crippen MR) is 93.2 cm³/mol. The average molecular weight is 435 g/mol. The minimum Gasteiger partial charge on any atom is -0.438 e. The van der Waals surface area contributed by atoms with E-state index in [1.165, 1.54) is 0 Å². The molecule has 1 N–H and O–H groups in total. The fourth-order valence-corrected chi connectivity index (χ4v) is 3.02. The van der Waals surface area contributed by atoms with Crippen molar-refractivity contribution in [1.29, 1.82) is 0 Å². The van der Waals surface area contributed by atoms with Crippen LogP contribution in [0.2, 0.25) is 5.02 Å². The number of rotatable bonds is 6. The third kappa shape index (κ3) is 4.95. The summed E-state index contributed by atoms with van der Waals surface area (Å²) in [6.07, 6.45) is 2.70. The van der Waals surface area contributed by atoms with Crippen molar-refractivity contribution in [3.63, 3.8) is 0 Å². The largest absolute Gasteiger partial charge is 0.438 e.